The number of hydrogen-bond donors (Lipinski definition) is 2. The molecule has 0 fully saturated rings. The van der Waals surface area contributed by atoms with Crippen LogP contribution in [0.4, 0.5) is 0 Å². The number of rotatable bonds is 60. The summed E-state index contributed by atoms with van der Waals surface area (Å²) in [5.74, 6) is -0.860. The van der Waals surface area contributed by atoms with Crippen molar-refractivity contribution in [2.24, 2.45) is 5.73 Å². The Hall–Kier alpha value is -4.89. The van der Waals surface area contributed by atoms with Gasteiger partial charge in [0.2, 0.25) is 0 Å². The second-order valence-corrected chi connectivity index (χ2v) is 22.7. The minimum absolute atomic E-state index is 0.0407. The molecule has 0 aromatic rings. The number of esters is 2. The second-order valence-electron chi connectivity index (χ2n) is 21.2. The number of phosphoric ester groups is 1. The summed E-state index contributed by atoms with van der Waals surface area (Å²) < 4.78 is 33.1. The Morgan fingerprint density at radius 2 is 0.612 bits per heavy atom. The zero-order chi connectivity index (χ0) is 61.6. The average molecular weight is 1190 g/mol. The van der Waals surface area contributed by atoms with E-state index >= 15 is 0 Å². The molecule has 85 heavy (non-hydrogen) atoms. The Balaban J connectivity index is 4.04. The summed E-state index contributed by atoms with van der Waals surface area (Å²) in [6, 6.07) is 0. The van der Waals surface area contributed by atoms with Crippen LogP contribution in [-0.2, 0) is 32.7 Å². The van der Waals surface area contributed by atoms with Crippen LogP contribution in [0, 0.1) is 0 Å². The van der Waals surface area contributed by atoms with E-state index in [2.05, 4.69) is 196 Å². The highest BCUT2D eigenvalue weighted by molar-refractivity contribution is 7.47. The number of allylic oxidation sites excluding steroid dienone is 30. The summed E-state index contributed by atoms with van der Waals surface area (Å²) in [7, 11) is -4.41. The predicted octanol–water partition coefficient (Wildman–Crippen LogP) is 22.0. The Kier molecular flexibility index (Phi) is 64.3. The fourth-order valence-corrected chi connectivity index (χ4v) is 9.22. The largest absolute Gasteiger partial charge is 0.472 e. The van der Waals surface area contributed by atoms with E-state index in [1.165, 1.54) is 44.9 Å². The standard InChI is InChI=1S/C75H120NO8P/c1-3-5-7-9-11-13-15-17-19-21-23-25-27-29-31-32-33-34-35-36-37-38-39-40-42-44-46-48-50-52-54-56-58-60-62-64-66-68-75(78)84-73(72-83-85(79,80)82-70-69-76)71-81-74(77)67-65-63-61-59-57-55-53-51-49-47-45-43-41-30-28-26-24-22-20-18-16-14-12-10-8-6-4-2/h5-8,11-14,17-20,23-26,29-31,33-34,36-37,39-41,44,46,50,52,73H,3-4,9-10,15-16,21-22,27-28,32,35,38,42-43,45,47-49,51,53-72,76H2,1-2H3,(H,79,80)/b7-5-,8-6-,13-11-,14-12-,19-17-,20-18-,25-23-,26-24-,31-29-,34-33-,37-36-,40-39-,41-30-,46-44-,52-50-. The molecule has 0 heterocycles. The molecule has 0 amide bonds. The zero-order valence-electron chi connectivity index (χ0n) is 53.5. The van der Waals surface area contributed by atoms with Crippen LogP contribution in [0.2, 0.25) is 0 Å². The number of ether oxygens (including phenoxy) is 2. The quantitative estimate of drug-likeness (QED) is 0.0264. The molecule has 9 nitrogen and oxygen atoms in total. The lowest BCUT2D eigenvalue weighted by molar-refractivity contribution is -0.161. The Morgan fingerprint density at radius 3 is 0.906 bits per heavy atom. The van der Waals surface area contributed by atoms with Gasteiger partial charge in [0, 0.05) is 19.4 Å². The summed E-state index contributed by atoms with van der Waals surface area (Å²) in [5, 5.41) is 0. The molecule has 0 aromatic heterocycles. The number of carbonyl (C=O) groups excluding carboxylic acids is 2. The van der Waals surface area contributed by atoms with Gasteiger partial charge < -0.3 is 20.1 Å². The number of hydrogen-bond acceptors (Lipinski definition) is 8. The smallest absolute Gasteiger partial charge is 0.462 e. The van der Waals surface area contributed by atoms with Crippen molar-refractivity contribution in [3.8, 4) is 0 Å². The third-order valence-corrected chi connectivity index (χ3v) is 14.3. The molecule has 0 rings (SSSR count). The van der Waals surface area contributed by atoms with Gasteiger partial charge in [-0.25, -0.2) is 4.57 Å². The molecular weight excluding hydrogens is 1070 g/mol. The van der Waals surface area contributed by atoms with Gasteiger partial charge in [-0.3, -0.25) is 18.6 Å². The van der Waals surface area contributed by atoms with Gasteiger partial charge >= 0.3 is 19.8 Å². The number of nitrogens with two attached hydrogens (primary N) is 1. The van der Waals surface area contributed by atoms with Gasteiger partial charge in [-0.1, -0.05) is 280 Å². The van der Waals surface area contributed by atoms with E-state index in [9.17, 15) is 19.0 Å². The SMILES string of the molecule is CC/C=C\C/C=C\C/C=C\C/C=C\C/C=C\C/C=C\C/C=C\C/C=C\C/C=C\C/C=C\CCCCCCCCC(=O)OC(COC(=O)CCCCCCCCCCCCC/C=C\C/C=C\C/C=C\C/C=C\C/C=C\CC)COP(=O)(O)OCCN. The van der Waals surface area contributed by atoms with E-state index in [0.717, 1.165) is 167 Å². The van der Waals surface area contributed by atoms with E-state index in [4.69, 9.17) is 24.3 Å². The molecule has 3 N–H and O–H groups in total. The predicted molar refractivity (Wildman–Crippen MR) is 366 cm³/mol. The molecule has 478 valence electrons. The summed E-state index contributed by atoms with van der Waals surface area (Å²) in [5.41, 5.74) is 5.39. The molecule has 0 aliphatic carbocycles. The molecule has 2 unspecified atom stereocenters. The van der Waals surface area contributed by atoms with E-state index < -0.39 is 32.5 Å². The van der Waals surface area contributed by atoms with Crippen LogP contribution in [0.1, 0.15) is 245 Å². The number of phosphoric acid groups is 1. The van der Waals surface area contributed by atoms with E-state index in [1.54, 1.807) is 0 Å². The fraction of sp³-hybridized carbons (Fsp3) is 0.573. The van der Waals surface area contributed by atoms with Gasteiger partial charge in [-0.05, 0) is 135 Å². The van der Waals surface area contributed by atoms with E-state index in [1.807, 2.05) is 0 Å². The molecular formula is C75H120NO8P. The van der Waals surface area contributed by atoms with E-state index in [0.29, 0.717) is 6.42 Å². The molecule has 0 aromatic carbocycles. The maximum Gasteiger partial charge on any atom is 0.472 e. The van der Waals surface area contributed by atoms with Crippen molar-refractivity contribution in [2.75, 3.05) is 26.4 Å². The van der Waals surface area contributed by atoms with E-state index in [-0.39, 0.29) is 32.6 Å². The lowest BCUT2D eigenvalue weighted by Crippen LogP contribution is -2.29. The Bertz CT molecular complexity index is 2040. The molecule has 0 saturated carbocycles. The normalized spacial score (nSPS) is 14.2. The van der Waals surface area contributed by atoms with Crippen molar-refractivity contribution in [3.63, 3.8) is 0 Å². The first kappa shape index (κ1) is 80.1. The molecule has 0 bridgehead atoms. The van der Waals surface area contributed by atoms with Gasteiger partial charge in [0.15, 0.2) is 6.10 Å². The van der Waals surface area contributed by atoms with Crippen molar-refractivity contribution >= 4 is 19.8 Å². The van der Waals surface area contributed by atoms with Crippen molar-refractivity contribution in [1.29, 1.82) is 0 Å². The van der Waals surface area contributed by atoms with Crippen LogP contribution in [0.5, 0.6) is 0 Å². The highest BCUT2D eigenvalue weighted by Gasteiger charge is 2.26. The first-order chi connectivity index (χ1) is 41.8. The van der Waals surface area contributed by atoms with Crippen LogP contribution >= 0.6 is 7.82 Å². The summed E-state index contributed by atoms with van der Waals surface area (Å²) in [6.45, 7) is 3.48. The maximum atomic E-state index is 12.8. The lowest BCUT2D eigenvalue weighted by Gasteiger charge is -2.19. The lowest BCUT2D eigenvalue weighted by atomic mass is 10.0. The van der Waals surface area contributed by atoms with Gasteiger partial charge in [-0.2, -0.15) is 0 Å². The van der Waals surface area contributed by atoms with Gasteiger partial charge in [-0.15, -0.1) is 0 Å². The first-order valence-corrected chi connectivity index (χ1v) is 34.8. The van der Waals surface area contributed by atoms with Crippen LogP contribution < -0.4 is 5.73 Å². The zero-order valence-corrected chi connectivity index (χ0v) is 54.4. The van der Waals surface area contributed by atoms with Crippen molar-refractivity contribution in [3.05, 3.63) is 182 Å². The molecule has 2 atom stereocenters. The Morgan fingerprint density at radius 1 is 0.353 bits per heavy atom. The molecule has 0 spiro atoms. The summed E-state index contributed by atoms with van der Waals surface area (Å²) in [4.78, 5) is 35.3. The van der Waals surface area contributed by atoms with Gasteiger partial charge in [0.05, 0.1) is 13.2 Å². The van der Waals surface area contributed by atoms with Crippen molar-refractivity contribution in [1.82, 2.24) is 0 Å². The highest BCUT2D eigenvalue weighted by atomic mass is 31.2. The highest BCUT2D eigenvalue weighted by Crippen LogP contribution is 2.43. The maximum absolute atomic E-state index is 12.8. The fourth-order valence-electron chi connectivity index (χ4n) is 8.46. The monoisotopic (exact) mass is 1190 g/mol. The third kappa shape index (κ3) is 68.1. The van der Waals surface area contributed by atoms with Gasteiger partial charge in [0.25, 0.3) is 0 Å². The van der Waals surface area contributed by atoms with Crippen molar-refractivity contribution in [2.45, 2.75) is 251 Å². The van der Waals surface area contributed by atoms with Crippen LogP contribution in [0.25, 0.3) is 0 Å². The summed E-state index contributed by atoms with van der Waals surface area (Å²) in [6.07, 6.45) is 102. The molecule has 0 aliphatic heterocycles. The number of carbonyl (C=O) groups is 2. The topological polar surface area (TPSA) is 134 Å². The van der Waals surface area contributed by atoms with Gasteiger partial charge in [0.1, 0.15) is 6.61 Å². The average Bonchev–Trinajstić information content (AvgIpc) is 3.52. The molecule has 0 aliphatic rings. The molecule has 10 heteroatoms. The minimum atomic E-state index is -4.41. The summed E-state index contributed by atoms with van der Waals surface area (Å²) >= 11 is 0. The van der Waals surface area contributed by atoms with Crippen LogP contribution in [0.15, 0.2) is 182 Å². The first-order valence-electron chi connectivity index (χ1n) is 33.3. The Labute approximate surface area is 520 Å². The number of unbranched alkanes of at least 4 members (excludes halogenated alkanes) is 17. The second kappa shape index (κ2) is 68.2. The van der Waals surface area contributed by atoms with Crippen LogP contribution in [-0.4, -0.2) is 49.3 Å². The third-order valence-electron chi connectivity index (χ3n) is 13.3. The van der Waals surface area contributed by atoms with Crippen molar-refractivity contribution < 1.29 is 37.6 Å². The minimum Gasteiger partial charge on any atom is -0.462 e. The molecule has 0 saturated heterocycles. The molecule has 0 radical (unpaired) electrons. The van der Waals surface area contributed by atoms with Crippen LogP contribution in [0.3, 0.4) is 0 Å².